The number of rotatable bonds is 2. The average molecular weight is 196 g/mol. The second-order valence-electron chi connectivity index (χ2n) is 3.56. The van der Waals surface area contributed by atoms with Crippen molar-refractivity contribution < 1.29 is 0 Å². The van der Waals surface area contributed by atoms with Gasteiger partial charge in [0.05, 0.1) is 0 Å². The van der Waals surface area contributed by atoms with Crippen molar-refractivity contribution in [1.82, 2.24) is 0 Å². The molecule has 0 fully saturated rings. The molecule has 0 saturated heterocycles. The SMILES string of the molecule is [CH2]c1ccccc1-c1ccc(CN)cc1. The maximum Gasteiger partial charge on any atom is 0.0178 e. The zero-order valence-electron chi connectivity index (χ0n) is 8.61. The van der Waals surface area contributed by atoms with Gasteiger partial charge in [-0.25, -0.2) is 0 Å². The normalized spacial score (nSPS) is 10.3. The lowest BCUT2D eigenvalue weighted by molar-refractivity contribution is 1.07. The molecular formula is C14H14N. The van der Waals surface area contributed by atoms with Gasteiger partial charge in [0.2, 0.25) is 0 Å². The van der Waals surface area contributed by atoms with E-state index in [1.807, 2.05) is 18.2 Å². The van der Waals surface area contributed by atoms with Gasteiger partial charge < -0.3 is 5.73 Å². The van der Waals surface area contributed by atoms with E-state index in [0.29, 0.717) is 6.54 Å². The molecule has 0 atom stereocenters. The number of nitrogens with two attached hydrogens (primary N) is 1. The Hall–Kier alpha value is -1.60. The van der Waals surface area contributed by atoms with E-state index in [-0.39, 0.29) is 0 Å². The van der Waals surface area contributed by atoms with Crippen LogP contribution >= 0.6 is 0 Å². The monoisotopic (exact) mass is 196 g/mol. The first-order valence-electron chi connectivity index (χ1n) is 5.01. The van der Waals surface area contributed by atoms with Crippen molar-refractivity contribution in [3.8, 4) is 11.1 Å². The summed E-state index contributed by atoms with van der Waals surface area (Å²) in [5, 5.41) is 0. The molecule has 0 aliphatic rings. The molecule has 0 heterocycles. The van der Waals surface area contributed by atoms with Crippen LogP contribution in [0.25, 0.3) is 11.1 Å². The first-order valence-corrected chi connectivity index (χ1v) is 5.01. The molecule has 2 N–H and O–H groups in total. The van der Waals surface area contributed by atoms with Crippen LogP contribution < -0.4 is 5.73 Å². The summed E-state index contributed by atoms with van der Waals surface area (Å²) in [5.74, 6) is 0. The Morgan fingerprint density at radius 3 is 2.20 bits per heavy atom. The smallest absolute Gasteiger partial charge is 0.0178 e. The second kappa shape index (κ2) is 4.28. The molecule has 2 rings (SSSR count). The van der Waals surface area contributed by atoms with Crippen molar-refractivity contribution in [2.45, 2.75) is 6.54 Å². The van der Waals surface area contributed by atoms with Crippen molar-refractivity contribution in [3.05, 3.63) is 66.6 Å². The van der Waals surface area contributed by atoms with Gasteiger partial charge >= 0.3 is 0 Å². The standard InChI is InChI=1S/C14H14N/c1-11-4-2-3-5-14(11)13-8-6-12(10-15)7-9-13/h2-9H,1,10,15H2. The van der Waals surface area contributed by atoms with Gasteiger partial charge in [0.25, 0.3) is 0 Å². The lowest BCUT2D eigenvalue weighted by atomic mass is 10.00. The van der Waals surface area contributed by atoms with E-state index in [1.54, 1.807) is 0 Å². The molecule has 2 aromatic carbocycles. The van der Waals surface area contributed by atoms with Gasteiger partial charge in [-0.1, -0.05) is 48.5 Å². The fourth-order valence-electron chi connectivity index (χ4n) is 1.62. The molecule has 1 nitrogen and oxygen atoms in total. The minimum Gasteiger partial charge on any atom is -0.326 e. The van der Waals surface area contributed by atoms with Crippen molar-refractivity contribution in [1.29, 1.82) is 0 Å². The van der Waals surface area contributed by atoms with Crippen molar-refractivity contribution in [2.75, 3.05) is 0 Å². The Labute approximate surface area is 90.6 Å². The van der Waals surface area contributed by atoms with E-state index < -0.39 is 0 Å². The Kier molecular flexibility index (Phi) is 2.84. The molecule has 1 radical (unpaired) electrons. The largest absolute Gasteiger partial charge is 0.326 e. The summed E-state index contributed by atoms with van der Waals surface area (Å²) in [7, 11) is 0. The molecule has 0 aromatic heterocycles. The first-order chi connectivity index (χ1) is 7.31. The van der Waals surface area contributed by atoms with Gasteiger partial charge in [-0.3, -0.25) is 0 Å². The summed E-state index contributed by atoms with van der Waals surface area (Å²) in [4.78, 5) is 0. The zero-order chi connectivity index (χ0) is 10.7. The predicted octanol–water partition coefficient (Wildman–Crippen LogP) is 2.99. The van der Waals surface area contributed by atoms with Crippen molar-refractivity contribution in [3.63, 3.8) is 0 Å². The summed E-state index contributed by atoms with van der Waals surface area (Å²) in [6.07, 6.45) is 0. The third-order valence-corrected chi connectivity index (χ3v) is 2.52. The fourth-order valence-corrected chi connectivity index (χ4v) is 1.62. The second-order valence-corrected chi connectivity index (χ2v) is 3.56. The molecule has 2 aromatic rings. The van der Waals surface area contributed by atoms with Gasteiger partial charge in [0.1, 0.15) is 0 Å². The van der Waals surface area contributed by atoms with Crippen LogP contribution in [0.1, 0.15) is 11.1 Å². The van der Waals surface area contributed by atoms with Gasteiger partial charge in [0, 0.05) is 6.54 Å². The first kappa shape index (κ1) is 9.94. The minimum atomic E-state index is 0.590. The van der Waals surface area contributed by atoms with E-state index in [2.05, 4.69) is 37.3 Å². The van der Waals surface area contributed by atoms with Crippen LogP contribution in [0.4, 0.5) is 0 Å². The van der Waals surface area contributed by atoms with Crippen LogP contribution in [-0.2, 0) is 6.54 Å². The maximum atomic E-state index is 5.56. The molecule has 0 bridgehead atoms. The van der Waals surface area contributed by atoms with Crippen molar-refractivity contribution >= 4 is 0 Å². The summed E-state index contributed by atoms with van der Waals surface area (Å²) in [5.41, 5.74) is 10.1. The molecule has 0 aliphatic heterocycles. The van der Waals surface area contributed by atoms with Gasteiger partial charge in [-0.2, -0.15) is 0 Å². The lowest BCUT2D eigenvalue weighted by Crippen LogP contribution is -1.95. The van der Waals surface area contributed by atoms with Gasteiger partial charge in [0.15, 0.2) is 0 Å². The molecule has 0 aliphatic carbocycles. The van der Waals surface area contributed by atoms with E-state index in [1.165, 1.54) is 11.1 Å². The highest BCUT2D eigenvalue weighted by atomic mass is 14.5. The van der Waals surface area contributed by atoms with Crippen LogP contribution in [0, 0.1) is 6.92 Å². The molecule has 0 saturated carbocycles. The molecule has 0 amide bonds. The summed E-state index contributed by atoms with van der Waals surface area (Å²) in [6.45, 7) is 4.60. The average Bonchev–Trinajstić information content (AvgIpc) is 2.30. The molecule has 15 heavy (non-hydrogen) atoms. The Bertz CT molecular complexity index is 443. The highest BCUT2D eigenvalue weighted by Gasteiger charge is 1.99. The van der Waals surface area contributed by atoms with Crippen LogP contribution in [0.15, 0.2) is 48.5 Å². The van der Waals surface area contributed by atoms with E-state index in [9.17, 15) is 0 Å². The Balaban J connectivity index is 2.42. The maximum absolute atomic E-state index is 5.56. The number of hydrogen-bond donors (Lipinski definition) is 1. The highest BCUT2D eigenvalue weighted by Crippen LogP contribution is 2.22. The zero-order valence-corrected chi connectivity index (χ0v) is 8.61. The van der Waals surface area contributed by atoms with E-state index in [4.69, 9.17) is 5.73 Å². The summed E-state index contributed by atoms with van der Waals surface area (Å²) in [6, 6.07) is 16.4. The molecular weight excluding hydrogens is 182 g/mol. The van der Waals surface area contributed by atoms with Gasteiger partial charge in [-0.15, -0.1) is 0 Å². The molecule has 0 unspecified atom stereocenters. The van der Waals surface area contributed by atoms with Crippen LogP contribution in [0.3, 0.4) is 0 Å². The fraction of sp³-hybridized carbons (Fsp3) is 0.0714. The number of hydrogen-bond acceptors (Lipinski definition) is 1. The van der Waals surface area contributed by atoms with Crippen LogP contribution in [-0.4, -0.2) is 0 Å². The predicted molar refractivity (Wildman–Crippen MR) is 64.2 cm³/mol. The summed E-state index contributed by atoms with van der Waals surface area (Å²) >= 11 is 0. The van der Waals surface area contributed by atoms with Crippen LogP contribution in [0.2, 0.25) is 0 Å². The topological polar surface area (TPSA) is 26.0 Å². The quantitative estimate of drug-likeness (QED) is 0.785. The molecule has 0 spiro atoms. The van der Waals surface area contributed by atoms with E-state index in [0.717, 1.165) is 11.1 Å². The number of benzene rings is 2. The van der Waals surface area contributed by atoms with Crippen LogP contribution in [0.5, 0.6) is 0 Å². The highest BCUT2D eigenvalue weighted by molar-refractivity contribution is 5.68. The third kappa shape index (κ3) is 2.08. The Morgan fingerprint density at radius 1 is 0.933 bits per heavy atom. The Morgan fingerprint density at radius 2 is 1.60 bits per heavy atom. The van der Waals surface area contributed by atoms with Crippen molar-refractivity contribution in [2.24, 2.45) is 5.73 Å². The van der Waals surface area contributed by atoms with Gasteiger partial charge in [-0.05, 0) is 29.2 Å². The minimum absolute atomic E-state index is 0.590. The molecule has 75 valence electrons. The lowest BCUT2D eigenvalue weighted by Gasteiger charge is -2.06. The summed E-state index contributed by atoms with van der Waals surface area (Å²) < 4.78 is 0. The third-order valence-electron chi connectivity index (χ3n) is 2.52. The molecule has 1 heteroatoms. The van der Waals surface area contributed by atoms with E-state index >= 15 is 0 Å².